The molecule has 0 aromatic heterocycles. The van der Waals surface area contributed by atoms with E-state index in [1.54, 1.807) is 0 Å². The van der Waals surface area contributed by atoms with Gasteiger partial charge in [-0.05, 0) is 48.3 Å². The topological polar surface area (TPSA) is 50.5 Å². The highest BCUT2D eigenvalue weighted by Gasteiger charge is 2.37. The van der Waals surface area contributed by atoms with E-state index in [1.165, 1.54) is 23.8 Å². The molecule has 3 aliphatic heterocycles. The molecule has 28 heavy (non-hydrogen) atoms. The van der Waals surface area contributed by atoms with E-state index >= 15 is 0 Å². The fraction of sp³-hybridized carbons (Fsp3) is 0.619. The molecule has 3 atom stereocenters. The number of hydrogen-bond donors (Lipinski definition) is 3. The van der Waals surface area contributed by atoms with Gasteiger partial charge in [0, 0.05) is 43.0 Å². The number of halogens is 2. The molecular weight excluding hydrogens is 380 g/mol. The van der Waals surface area contributed by atoms with E-state index in [0.29, 0.717) is 11.9 Å². The lowest BCUT2D eigenvalue weighted by atomic mass is 9.93. The van der Waals surface area contributed by atoms with Crippen molar-refractivity contribution in [2.75, 3.05) is 26.2 Å². The summed E-state index contributed by atoms with van der Waals surface area (Å²) in [6, 6.07) is 3.33. The lowest BCUT2D eigenvalue weighted by molar-refractivity contribution is -0.0465. The van der Waals surface area contributed by atoms with Gasteiger partial charge in [0.05, 0.1) is 6.61 Å². The number of nitrogens with two attached hydrogens (primary N) is 1. The Kier molecular flexibility index (Phi) is 7.36. The fourth-order valence-electron chi connectivity index (χ4n) is 4.07. The summed E-state index contributed by atoms with van der Waals surface area (Å²) >= 11 is 3.97. The largest absolute Gasteiger partial charge is 0.387 e. The van der Waals surface area contributed by atoms with Crippen LogP contribution in [0.1, 0.15) is 44.8 Å². The highest BCUT2D eigenvalue weighted by atomic mass is 32.1. The highest BCUT2D eigenvalue weighted by Crippen LogP contribution is 2.33. The Bertz CT molecular complexity index is 692. The van der Waals surface area contributed by atoms with E-state index in [-0.39, 0.29) is 17.6 Å². The summed E-state index contributed by atoms with van der Waals surface area (Å²) in [6.07, 6.45) is 2.49. The zero-order valence-corrected chi connectivity index (χ0v) is 17.5. The molecule has 3 heterocycles. The Morgan fingerprint density at radius 2 is 2.04 bits per heavy atom. The summed E-state index contributed by atoms with van der Waals surface area (Å²) in [6.45, 7) is 7.48. The van der Waals surface area contributed by atoms with Gasteiger partial charge in [0.2, 0.25) is 0 Å². The summed E-state index contributed by atoms with van der Waals surface area (Å²) in [7, 11) is 0. The van der Waals surface area contributed by atoms with E-state index in [2.05, 4.69) is 22.8 Å². The summed E-state index contributed by atoms with van der Waals surface area (Å²) in [5.74, 6) is -0.926. The predicted octanol–water partition coefficient (Wildman–Crippen LogP) is 3.40. The lowest BCUT2D eigenvalue weighted by Gasteiger charge is -2.38. The Labute approximate surface area is 171 Å². The van der Waals surface area contributed by atoms with Gasteiger partial charge in [0.1, 0.15) is 17.7 Å². The summed E-state index contributed by atoms with van der Waals surface area (Å²) in [5.41, 5.74) is 9.34. The molecule has 156 valence electrons. The molecule has 1 saturated heterocycles. The molecule has 0 bridgehead atoms. The summed E-state index contributed by atoms with van der Waals surface area (Å²) in [4.78, 5) is 2.39. The van der Waals surface area contributed by atoms with Crippen LogP contribution in [0, 0.1) is 11.6 Å². The number of thiol groups is 1. The first-order chi connectivity index (χ1) is 13.3. The van der Waals surface area contributed by atoms with Crippen LogP contribution in [0.3, 0.4) is 0 Å². The van der Waals surface area contributed by atoms with E-state index in [9.17, 15) is 8.78 Å². The van der Waals surface area contributed by atoms with Gasteiger partial charge in [-0.25, -0.2) is 8.78 Å². The maximum absolute atomic E-state index is 14.0. The van der Waals surface area contributed by atoms with Crippen LogP contribution in [0.2, 0.25) is 0 Å². The van der Waals surface area contributed by atoms with Crippen LogP contribution in [0.25, 0.3) is 0 Å². The van der Waals surface area contributed by atoms with Gasteiger partial charge in [-0.15, -0.1) is 0 Å². The molecule has 3 aliphatic rings. The van der Waals surface area contributed by atoms with Gasteiger partial charge in [-0.3, -0.25) is 4.90 Å². The van der Waals surface area contributed by atoms with Crippen LogP contribution < -0.4 is 11.1 Å². The molecule has 1 aromatic carbocycles. The minimum atomic E-state index is -0.583. The molecule has 0 amide bonds. The van der Waals surface area contributed by atoms with Gasteiger partial charge in [-0.1, -0.05) is 13.8 Å². The number of nitrogens with one attached hydrogen (secondary N) is 1. The van der Waals surface area contributed by atoms with Crippen molar-refractivity contribution in [3.8, 4) is 0 Å². The van der Waals surface area contributed by atoms with Crippen LogP contribution in [0.5, 0.6) is 0 Å². The SMILES string of the molecule is CC(C)S.NC1CC(N2CC3=C(C2)NCCC3)CO[C@@H]1c1cc(F)ccc1F. The van der Waals surface area contributed by atoms with E-state index in [0.717, 1.165) is 44.6 Å². The highest BCUT2D eigenvalue weighted by molar-refractivity contribution is 7.80. The zero-order valence-electron chi connectivity index (χ0n) is 16.6. The predicted molar refractivity (Wildman–Crippen MR) is 111 cm³/mol. The summed E-state index contributed by atoms with van der Waals surface area (Å²) in [5, 5.41) is 4.01. The number of hydrogen-bond acceptors (Lipinski definition) is 5. The molecule has 1 fully saturated rings. The van der Waals surface area contributed by atoms with Crippen molar-refractivity contribution in [1.29, 1.82) is 0 Å². The van der Waals surface area contributed by atoms with Crippen LogP contribution in [0.15, 0.2) is 29.5 Å². The molecule has 4 nitrogen and oxygen atoms in total. The Hall–Kier alpha value is -1.15. The molecule has 0 radical (unpaired) electrons. The molecule has 0 aliphatic carbocycles. The molecule has 0 saturated carbocycles. The van der Waals surface area contributed by atoms with Gasteiger partial charge >= 0.3 is 0 Å². The number of rotatable bonds is 2. The number of ether oxygens (including phenoxy) is 1. The fourth-order valence-corrected chi connectivity index (χ4v) is 4.07. The Balaban J connectivity index is 0.000000516. The van der Waals surface area contributed by atoms with Gasteiger partial charge in [0.25, 0.3) is 0 Å². The monoisotopic (exact) mass is 411 g/mol. The maximum Gasteiger partial charge on any atom is 0.129 e. The average Bonchev–Trinajstić information content (AvgIpc) is 3.08. The molecule has 4 rings (SSSR count). The van der Waals surface area contributed by atoms with Crippen molar-refractivity contribution in [3.63, 3.8) is 0 Å². The van der Waals surface area contributed by atoms with E-state index < -0.39 is 17.7 Å². The van der Waals surface area contributed by atoms with E-state index in [4.69, 9.17) is 10.5 Å². The Morgan fingerprint density at radius 1 is 1.29 bits per heavy atom. The third-order valence-corrected chi connectivity index (χ3v) is 5.36. The van der Waals surface area contributed by atoms with Crippen molar-refractivity contribution in [2.45, 2.75) is 56.5 Å². The molecular formula is C21H31F2N3OS. The second kappa shape index (κ2) is 9.57. The minimum Gasteiger partial charge on any atom is -0.387 e. The average molecular weight is 412 g/mol. The third kappa shape index (κ3) is 5.26. The maximum atomic E-state index is 14.0. The first-order valence-electron chi connectivity index (χ1n) is 10.0. The van der Waals surface area contributed by atoms with E-state index in [1.807, 2.05) is 13.8 Å². The second-order valence-corrected chi connectivity index (χ2v) is 9.12. The molecule has 0 spiro atoms. The Morgan fingerprint density at radius 3 is 2.71 bits per heavy atom. The van der Waals surface area contributed by atoms with Crippen molar-refractivity contribution < 1.29 is 13.5 Å². The van der Waals surface area contributed by atoms with Crippen LogP contribution in [-0.2, 0) is 4.74 Å². The quantitative estimate of drug-likeness (QED) is 0.653. The smallest absolute Gasteiger partial charge is 0.129 e. The van der Waals surface area contributed by atoms with Crippen LogP contribution >= 0.6 is 12.6 Å². The van der Waals surface area contributed by atoms with Crippen LogP contribution in [0.4, 0.5) is 8.78 Å². The van der Waals surface area contributed by atoms with Crippen molar-refractivity contribution >= 4 is 12.6 Å². The third-order valence-electron chi connectivity index (χ3n) is 5.36. The molecule has 1 aromatic rings. The summed E-state index contributed by atoms with van der Waals surface area (Å²) < 4.78 is 33.3. The standard InChI is InChI=1S/C18H23F2N3O.C3H8S/c19-12-3-4-15(20)14(6-12)18-16(21)7-13(10-24-18)23-8-11-2-1-5-22-17(11)9-23;1-3(2)4/h3-4,6,13,16,18,22H,1-2,5,7-10,21H2;3-4H,1-2H3/t13?,16?,18-;/m1./s1. The number of nitrogens with zero attached hydrogens (tertiary/aromatic N) is 1. The second-order valence-electron chi connectivity index (χ2n) is 8.08. The number of benzene rings is 1. The van der Waals surface area contributed by atoms with Gasteiger partial charge in [-0.2, -0.15) is 12.6 Å². The minimum absolute atomic E-state index is 0.222. The first kappa shape index (κ1) is 21.6. The van der Waals surface area contributed by atoms with Crippen molar-refractivity contribution in [1.82, 2.24) is 10.2 Å². The first-order valence-corrected chi connectivity index (χ1v) is 10.6. The normalized spacial score (nSPS) is 27.9. The van der Waals surface area contributed by atoms with Crippen molar-refractivity contribution in [3.05, 3.63) is 46.7 Å². The van der Waals surface area contributed by atoms with Crippen molar-refractivity contribution in [2.24, 2.45) is 5.73 Å². The molecule has 3 N–H and O–H groups in total. The molecule has 2 unspecified atom stereocenters. The lowest BCUT2D eigenvalue weighted by Crippen LogP contribution is -2.49. The van der Waals surface area contributed by atoms with Crippen LogP contribution in [-0.4, -0.2) is 48.5 Å². The molecule has 7 heteroatoms. The zero-order chi connectivity index (χ0) is 20.3. The van der Waals surface area contributed by atoms with Gasteiger partial charge in [0.15, 0.2) is 0 Å². The van der Waals surface area contributed by atoms with Gasteiger partial charge < -0.3 is 15.8 Å².